The highest BCUT2D eigenvalue weighted by atomic mass is 19.1. The van der Waals surface area contributed by atoms with Crippen LogP contribution in [-0.2, 0) is 11.3 Å². The molecule has 0 radical (unpaired) electrons. The number of amides is 1. The van der Waals surface area contributed by atoms with Gasteiger partial charge >= 0.3 is 6.09 Å². The highest BCUT2D eigenvalue weighted by Crippen LogP contribution is 2.50. The predicted molar refractivity (Wildman–Crippen MR) is 119 cm³/mol. The maximum atomic E-state index is 14.3. The number of halogens is 1. The number of piperazine rings is 1. The summed E-state index contributed by atoms with van der Waals surface area (Å²) in [6, 6.07) is 17.0. The molecule has 166 valence electrons. The number of benzene rings is 2. The van der Waals surface area contributed by atoms with Gasteiger partial charge in [0.2, 0.25) is 0 Å². The lowest BCUT2D eigenvalue weighted by molar-refractivity contribution is -0.136. The molecule has 1 amide bonds. The summed E-state index contributed by atoms with van der Waals surface area (Å²) in [6.45, 7) is 5.22. The molecule has 2 aromatic carbocycles. The Bertz CT molecular complexity index is 1020. The molecule has 2 saturated heterocycles. The minimum atomic E-state index is -0.401. The van der Waals surface area contributed by atoms with Crippen molar-refractivity contribution in [2.24, 2.45) is 5.41 Å². The normalized spacial score (nSPS) is 20.4. The third-order valence-electron chi connectivity index (χ3n) is 6.91. The van der Waals surface area contributed by atoms with Crippen LogP contribution < -0.4 is 4.90 Å². The van der Waals surface area contributed by atoms with Crippen molar-refractivity contribution in [2.45, 2.75) is 25.5 Å². The number of ether oxygens (including phenoxy) is 1. The Morgan fingerprint density at radius 1 is 1.09 bits per heavy atom. The van der Waals surface area contributed by atoms with Crippen LogP contribution in [0.2, 0.25) is 0 Å². The molecule has 1 aliphatic carbocycles. The van der Waals surface area contributed by atoms with Crippen LogP contribution >= 0.6 is 0 Å². The second-order valence-electron chi connectivity index (χ2n) is 9.30. The van der Waals surface area contributed by atoms with Gasteiger partial charge in [-0.3, -0.25) is 4.90 Å². The van der Waals surface area contributed by atoms with Crippen molar-refractivity contribution in [2.75, 3.05) is 44.2 Å². The van der Waals surface area contributed by atoms with Gasteiger partial charge < -0.3 is 14.5 Å². The van der Waals surface area contributed by atoms with Crippen molar-refractivity contribution in [3.63, 3.8) is 0 Å². The van der Waals surface area contributed by atoms with Crippen molar-refractivity contribution in [3.8, 4) is 6.07 Å². The maximum Gasteiger partial charge on any atom is 0.410 e. The standard InChI is InChI=1S/C25H27FN4O2/c26-22-12-20(15-27)6-7-23(22)29-8-10-30(11-9-29)24(31)32-21-13-25(14-21)17-28(18-25)16-19-4-2-1-3-5-19/h1-7,12,21H,8-11,13-14,16-18H2. The number of nitriles is 1. The number of anilines is 1. The second-order valence-corrected chi connectivity index (χ2v) is 9.30. The predicted octanol–water partition coefficient (Wildman–Crippen LogP) is 3.62. The van der Waals surface area contributed by atoms with Gasteiger partial charge in [0.15, 0.2) is 0 Å². The van der Waals surface area contributed by atoms with Crippen LogP contribution in [0, 0.1) is 22.6 Å². The minimum absolute atomic E-state index is 0.00961. The third-order valence-corrected chi connectivity index (χ3v) is 6.91. The smallest absolute Gasteiger partial charge is 0.410 e. The molecule has 3 aliphatic rings. The molecule has 32 heavy (non-hydrogen) atoms. The first kappa shape index (κ1) is 20.8. The molecule has 0 atom stereocenters. The molecule has 2 heterocycles. The average Bonchev–Trinajstić information content (AvgIpc) is 2.77. The van der Waals surface area contributed by atoms with E-state index in [9.17, 15) is 9.18 Å². The number of nitrogens with zero attached hydrogens (tertiary/aromatic N) is 4. The summed E-state index contributed by atoms with van der Waals surface area (Å²) in [4.78, 5) is 18.7. The highest BCUT2D eigenvalue weighted by molar-refractivity contribution is 5.68. The summed E-state index contributed by atoms with van der Waals surface area (Å²) >= 11 is 0. The van der Waals surface area contributed by atoms with Gasteiger partial charge in [-0.1, -0.05) is 30.3 Å². The molecule has 3 fully saturated rings. The first-order valence-electron chi connectivity index (χ1n) is 11.2. The molecule has 0 N–H and O–H groups in total. The maximum absolute atomic E-state index is 14.3. The lowest BCUT2D eigenvalue weighted by Crippen LogP contribution is -2.64. The minimum Gasteiger partial charge on any atom is -0.446 e. The van der Waals surface area contributed by atoms with Gasteiger partial charge in [-0.25, -0.2) is 9.18 Å². The number of hydrogen-bond acceptors (Lipinski definition) is 5. The molecule has 0 bridgehead atoms. The van der Waals surface area contributed by atoms with Gasteiger partial charge in [-0.05, 0) is 36.6 Å². The number of hydrogen-bond donors (Lipinski definition) is 0. The van der Waals surface area contributed by atoms with Gasteiger partial charge in [0.1, 0.15) is 11.9 Å². The fourth-order valence-corrected chi connectivity index (χ4v) is 5.28. The van der Waals surface area contributed by atoms with Crippen LogP contribution in [0.4, 0.5) is 14.9 Å². The van der Waals surface area contributed by atoms with E-state index in [4.69, 9.17) is 10.00 Å². The van der Waals surface area contributed by atoms with Gasteiger partial charge in [0.25, 0.3) is 0 Å². The van der Waals surface area contributed by atoms with Crippen LogP contribution in [0.3, 0.4) is 0 Å². The molecule has 1 spiro atoms. The first-order valence-corrected chi connectivity index (χ1v) is 11.2. The second kappa shape index (κ2) is 8.44. The Hall–Kier alpha value is -3.11. The zero-order valence-corrected chi connectivity index (χ0v) is 18.0. The van der Waals surface area contributed by atoms with Crippen LogP contribution in [0.5, 0.6) is 0 Å². The van der Waals surface area contributed by atoms with Crippen molar-refractivity contribution < 1.29 is 13.9 Å². The van der Waals surface area contributed by atoms with E-state index in [2.05, 4.69) is 29.2 Å². The molecule has 2 aliphatic heterocycles. The summed E-state index contributed by atoms with van der Waals surface area (Å²) in [5.41, 5.74) is 2.44. The zero-order valence-electron chi connectivity index (χ0n) is 18.0. The van der Waals surface area contributed by atoms with Gasteiger partial charge in [0, 0.05) is 51.2 Å². The molecule has 0 aromatic heterocycles. The molecule has 7 heteroatoms. The van der Waals surface area contributed by atoms with Crippen molar-refractivity contribution in [3.05, 3.63) is 65.5 Å². The molecule has 1 saturated carbocycles. The van der Waals surface area contributed by atoms with Crippen LogP contribution in [0.15, 0.2) is 48.5 Å². The Kier molecular flexibility index (Phi) is 5.48. The SMILES string of the molecule is N#Cc1ccc(N2CCN(C(=O)OC3CC4(C3)CN(Cc3ccccc3)C4)CC2)c(F)c1. The van der Waals surface area contributed by atoms with Gasteiger partial charge in [0.05, 0.1) is 17.3 Å². The van der Waals surface area contributed by atoms with Gasteiger partial charge in [-0.2, -0.15) is 5.26 Å². The summed E-state index contributed by atoms with van der Waals surface area (Å²) in [5, 5.41) is 8.89. The van der Waals surface area contributed by atoms with Crippen LogP contribution in [0.1, 0.15) is 24.0 Å². The fraction of sp³-hybridized carbons (Fsp3) is 0.440. The molecule has 6 nitrogen and oxygen atoms in total. The number of carbonyl (C=O) groups excluding carboxylic acids is 1. The fourth-order valence-electron chi connectivity index (χ4n) is 5.28. The number of likely N-dealkylation sites (tertiary alicyclic amines) is 1. The van der Waals surface area contributed by atoms with Crippen LogP contribution in [0.25, 0.3) is 0 Å². The monoisotopic (exact) mass is 434 g/mol. The Morgan fingerprint density at radius 2 is 1.81 bits per heavy atom. The summed E-state index contributed by atoms with van der Waals surface area (Å²) in [5.74, 6) is -0.401. The molecule has 5 rings (SSSR count). The summed E-state index contributed by atoms with van der Waals surface area (Å²) < 4.78 is 20.0. The van der Waals surface area contributed by atoms with Crippen molar-refractivity contribution in [1.29, 1.82) is 5.26 Å². The van der Waals surface area contributed by atoms with E-state index < -0.39 is 5.82 Å². The van der Waals surface area contributed by atoms with E-state index in [-0.39, 0.29) is 12.2 Å². The summed E-state index contributed by atoms with van der Waals surface area (Å²) in [6.07, 6.45) is 1.64. The largest absolute Gasteiger partial charge is 0.446 e. The van der Waals surface area contributed by atoms with E-state index in [1.54, 1.807) is 17.0 Å². The van der Waals surface area contributed by atoms with E-state index in [0.29, 0.717) is 42.8 Å². The lowest BCUT2D eigenvalue weighted by atomic mass is 9.61. The Labute approximate surface area is 187 Å². The first-order chi connectivity index (χ1) is 15.5. The number of carbonyl (C=O) groups is 1. The zero-order chi connectivity index (χ0) is 22.1. The van der Waals surface area contributed by atoms with Crippen LogP contribution in [-0.4, -0.2) is 61.3 Å². The van der Waals surface area contributed by atoms with E-state index in [0.717, 1.165) is 32.5 Å². The Balaban J connectivity index is 1.04. The average molecular weight is 435 g/mol. The molecular formula is C25H27FN4O2. The topological polar surface area (TPSA) is 59.8 Å². The molecule has 0 unspecified atom stereocenters. The Morgan fingerprint density at radius 3 is 2.47 bits per heavy atom. The molecule has 2 aromatic rings. The third kappa shape index (κ3) is 4.15. The van der Waals surface area contributed by atoms with Crippen molar-refractivity contribution in [1.82, 2.24) is 9.80 Å². The summed E-state index contributed by atoms with van der Waals surface area (Å²) in [7, 11) is 0. The highest BCUT2D eigenvalue weighted by Gasteiger charge is 2.53. The van der Waals surface area contributed by atoms with E-state index >= 15 is 0 Å². The number of rotatable bonds is 4. The van der Waals surface area contributed by atoms with Crippen molar-refractivity contribution >= 4 is 11.8 Å². The molecular weight excluding hydrogens is 407 g/mol. The van der Waals surface area contributed by atoms with E-state index in [1.165, 1.54) is 11.6 Å². The van der Waals surface area contributed by atoms with E-state index in [1.807, 2.05) is 17.0 Å². The quantitative estimate of drug-likeness (QED) is 0.736. The lowest BCUT2D eigenvalue weighted by Gasteiger charge is -2.58. The van der Waals surface area contributed by atoms with Gasteiger partial charge in [-0.15, -0.1) is 0 Å².